The summed E-state index contributed by atoms with van der Waals surface area (Å²) in [5, 5.41) is 2.48. The number of hydrogen-bond donors (Lipinski definition) is 1. The summed E-state index contributed by atoms with van der Waals surface area (Å²) in [4.78, 5) is 30.2. The van der Waals surface area contributed by atoms with E-state index in [1.54, 1.807) is 26.8 Å². The Morgan fingerprint density at radius 3 is 2.82 bits per heavy atom. The molecule has 3 rings (SSSR count). The molecule has 1 aromatic rings. The summed E-state index contributed by atoms with van der Waals surface area (Å²) >= 11 is 0. The number of amides is 2. The fourth-order valence-electron chi connectivity index (χ4n) is 2.97. The number of halogens is 1. The smallest absolute Gasteiger partial charge is 0.407 e. The Morgan fingerprint density at radius 2 is 2.18 bits per heavy atom. The second-order valence-corrected chi connectivity index (χ2v) is 8.07. The van der Waals surface area contributed by atoms with Crippen LogP contribution in [0.25, 0.3) is 0 Å². The Hall–Kier alpha value is -2.64. The highest BCUT2D eigenvalue weighted by Gasteiger charge is 2.36. The molecule has 1 saturated carbocycles. The van der Waals surface area contributed by atoms with Crippen LogP contribution in [0.1, 0.15) is 49.5 Å². The summed E-state index contributed by atoms with van der Waals surface area (Å²) < 4.78 is 23.7. The molecule has 0 spiro atoms. The van der Waals surface area contributed by atoms with Crippen molar-refractivity contribution in [2.45, 2.75) is 51.7 Å². The molecule has 0 bridgehead atoms. The minimum absolute atomic E-state index is 0.0219. The third-order valence-electron chi connectivity index (χ3n) is 4.48. The first-order chi connectivity index (χ1) is 13.3. The summed E-state index contributed by atoms with van der Waals surface area (Å²) in [5.41, 5.74) is 1.11. The first kappa shape index (κ1) is 20.1. The highest BCUT2D eigenvalue weighted by Crippen LogP contribution is 2.32. The Balaban J connectivity index is 1.53. The SMILES string of the molecule is CC(C)(C)OC(=O)NC/C(=C\F)COc1cc2c(cn1)C(=O)N(C1CC1)CC2. The lowest BCUT2D eigenvalue weighted by Crippen LogP contribution is -2.39. The molecule has 2 heterocycles. The van der Waals surface area contributed by atoms with E-state index in [2.05, 4.69) is 10.3 Å². The van der Waals surface area contributed by atoms with Gasteiger partial charge in [0.15, 0.2) is 0 Å². The van der Waals surface area contributed by atoms with Gasteiger partial charge >= 0.3 is 6.09 Å². The number of rotatable bonds is 6. The first-order valence-corrected chi connectivity index (χ1v) is 9.44. The van der Waals surface area contributed by atoms with E-state index in [0.29, 0.717) is 30.4 Å². The van der Waals surface area contributed by atoms with Crippen LogP contribution in [0.5, 0.6) is 5.88 Å². The minimum Gasteiger partial charge on any atom is -0.473 e. The largest absolute Gasteiger partial charge is 0.473 e. The van der Waals surface area contributed by atoms with Crippen LogP contribution < -0.4 is 10.1 Å². The Labute approximate surface area is 163 Å². The van der Waals surface area contributed by atoms with Crippen LogP contribution >= 0.6 is 0 Å². The van der Waals surface area contributed by atoms with Crippen molar-refractivity contribution in [2.24, 2.45) is 0 Å². The molecule has 0 aromatic carbocycles. The molecule has 8 heteroatoms. The average Bonchev–Trinajstić information content (AvgIpc) is 3.45. The molecule has 2 amide bonds. The molecule has 152 valence electrons. The second-order valence-electron chi connectivity index (χ2n) is 8.07. The monoisotopic (exact) mass is 391 g/mol. The van der Waals surface area contributed by atoms with Gasteiger partial charge in [-0.2, -0.15) is 0 Å². The maximum Gasteiger partial charge on any atom is 0.407 e. The van der Waals surface area contributed by atoms with E-state index in [1.807, 2.05) is 4.90 Å². The van der Waals surface area contributed by atoms with Crippen molar-refractivity contribution < 1.29 is 23.5 Å². The molecule has 1 aromatic heterocycles. The zero-order chi connectivity index (χ0) is 20.3. The molecular weight excluding hydrogens is 365 g/mol. The summed E-state index contributed by atoms with van der Waals surface area (Å²) in [6.45, 7) is 5.84. The number of nitrogens with zero attached hydrogens (tertiary/aromatic N) is 2. The normalized spacial score (nSPS) is 17.2. The van der Waals surface area contributed by atoms with Gasteiger partial charge < -0.3 is 19.7 Å². The van der Waals surface area contributed by atoms with Gasteiger partial charge in [-0.3, -0.25) is 4.79 Å². The number of aromatic nitrogens is 1. The fourth-order valence-corrected chi connectivity index (χ4v) is 2.97. The summed E-state index contributed by atoms with van der Waals surface area (Å²) in [5.74, 6) is 0.344. The molecular formula is C20H26FN3O4. The molecule has 1 N–H and O–H groups in total. The molecule has 1 aliphatic heterocycles. The zero-order valence-corrected chi connectivity index (χ0v) is 16.5. The molecule has 0 unspecified atom stereocenters. The lowest BCUT2D eigenvalue weighted by Gasteiger charge is -2.28. The van der Waals surface area contributed by atoms with Crippen LogP contribution in [0.3, 0.4) is 0 Å². The average molecular weight is 391 g/mol. The number of carbonyl (C=O) groups excluding carboxylic acids is 2. The third kappa shape index (κ3) is 5.21. The van der Waals surface area contributed by atoms with E-state index in [4.69, 9.17) is 9.47 Å². The van der Waals surface area contributed by atoms with Gasteiger partial charge in [0.1, 0.15) is 12.2 Å². The highest BCUT2D eigenvalue weighted by molar-refractivity contribution is 5.96. The quantitative estimate of drug-likeness (QED) is 0.806. The lowest BCUT2D eigenvalue weighted by atomic mass is 10.0. The predicted molar refractivity (Wildman–Crippen MR) is 101 cm³/mol. The van der Waals surface area contributed by atoms with Gasteiger partial charge in [-0.25, -0.2) is 14.2 Å². The number of alkyl carbamates (subject to hydrolysis) is 1. The van der Waals surface area contributed by atoms with Crippen molar-refractivity contribution >= 4 is 12.0 Å². The first-order valence-electron chi connectivity index (χ1n) is 9.44. The highest BCUT2D eigenvalue weighted by atomic mass is 19.1. The van der Waals surface area contributed by atoms with Gasteiger partial charge in [-0.15, -0.1) is 0 Å². The molecule has 7 nitrogen and oxygen atoms in total. The molecule has 1 fully saturated rings. The van der Waals surface area contributed by atoms with E-state index >= 15 is 0 Å². The number of hydrogen-bond acceptors (Lipinski definition) is 5. The predicted octanol–water partition coefficient (Wildman–Crippen LogP) is 3.00. The van der Waals surface area contributed by atoms with Crippen LogP contribution in [0.2, 0.25) is 0 Å². The van der Waals surface area contributed by atoms with E-state index in [1.165, 1.54) is 6.20 Å². The van der Waals surface area contributed by atoms with Crippen LogP contribution in [0.15, 0.2) is 24.2 Å². The van der Waals surface area contributed by atoms with Crippen LogP contribution in [0.4, 0.5) is 9.18 Å². The van der Waals surface area contributed by atoms with Crippen molar-refractivity contribution in [3.63, 3.8) is 0 Å². The van der Waals surface area contributed by atoms with Crippen LogP contribution in [0, 0.1) is 0 Å². The number of ether oxygens (including phenoxy) is 2. The van der Waals surface area contributed by atoms with Crippen molar-refractivity contribution in [1.82, 2.24) is 15.2 Å². The van der Waals surface area contributed by atoms with Crippen molar-refractivity contribution in [1.29, 1.82) is 0 Å². The van der Waals surface area contributed by atoms with Crippen molar-refractivity contribution in [3.8, 4) is 5.88 Å². The Bertz CT molecular complexity index is 784. The minimum atomic E-state index is -0.627. The van der Waals surface area contributed by atoms with Crippen molar-refractivity contribution in [2.75, 3.05) is 19.7 Å². The third-order valence-corrected chi connectivity index (χ3v) is 4.48. The van der Waals surface area contributed by atoms with Crippen LogP contribution in [-0.2, 0) is 11.2 Å². The standard InChI is InChI=1S/C20H26FN3O4/c1-20(2,3)28-19(26)23-10-13(9-21)12-27-17-8-14-6-7-24(15-4-5-15)18(25)16(14)11-22-17/h8-9,11,15H,4-7,10,12H2,1-3H3,(H,23,26)/b13-9+. The van der Waals surface area contributed by atoms with Gasteiger partial charge in [0, 0.05) is 37.0 Å². The maximum atomic E-state index is 13.1. The van der Waals surface area contributed by atoms with E-state index in [0.717, 1.165) is 24.8 Å². The molecule has 0 saturated heterocycles. The van der Waals surface area contributed by atoms with Gasteiger partial charge in [-0.1, -0.05) is 0 Å². The number of fused-ring (bicyclic) bond motifs is 1. The van der Waals surface area contributed by atoms with E-state index in [9.17, 15) is 14.0 Å². The van der Waals surface area contributed by atoms with Gasteiger partial charge in [-0.05, 0) is 45.6 Å². The lowest BCUT2D eigenvalue weighted by molar-refractivity contribution is 0.0531. The maximum absolute atomic E-state index is 13.1. The van der Waals surface area contributed by atoms with Crippen LogP contribution in [-0.4, -0.2) is 53.2 Å². The summed E-state index contributed by atoms with van der Waals surface area (Å²) in [6, 6.07) is 2.11. The number of carbonyl (C=O) groups is 2. The van der Waals surface area contributed by atoms with Crippen molar-refractivity contribution in [3.05, 3.63) is 35.3 Å². The summed E-state index contributed by atoms with van der Waals surface area (Å²) in [7, 11) is 0. The molecule has 0 atom stereocenters. The molecule has 0 radical (unpaired) electrons. The van der Waals surface area contributed by atoms with Gasteiger partial charge in [0.05, 0.1) is 11.9 Å². The van der Waals surface area contributed by atoms with Gasteiger partial charge in [0.2, 0.25) is 5.88 Å². The Morgan fingerprint density at radius 1 is 1.43 bits per heavy atom. The Kier molecular flexibility index (Phi) is 5.86. The second kappa shape index (κ2) is 8.16. The molecule has 28 heavy (non-hydrogen) atoms. The molecule has 1 aliphatic carbocycles. The van der Waals surface area contributed by atoms with E-state index in [-0.39, 0.29) is 24.6 Å². The van der Waals surface area contributed by atoms with E-state index < -0.39 is 11.7 Å². The van der Waals surface area contributed by atoms with Gasteiger partial charge in [0.25, 0.3) is 5.91 Å². The topological polar surface area (TPSA) is 80.8 Å². The summed E-state index contributed by atoms with van der Waals surface area (Å²) in [6.07, 6.45) is 4.20. The number of pyridine rings is 1. The fraction of sp³-hybridized carbons (Fsp3) is 0.550. The molecule has 2 aliphatic rings. The zero-order valence-electron chi connectivity index (χ0n) is 16.5. The number of nitrogens with one attached hydrogen (secondary N) is 1.